The minimum absolute atomic E-state index is 0.268. The van der Waals surface area contributed by atoms with Gasteiger partial charge in [-0.15, -0.1) is 11.3 Å². The molecule has 4 aromatic rings. The second kappa shape index (κ2) is 13.5. The smallest absolute Gasteiger partial charge is 0.184 e. The SMILES string of the molecule is COC1C(Sc2cc(Cl)cnc2-c2ccccn2)OC2COC(c3ccccc3)OC2C1N(N)/C=C(\N)c1nc(Cl)cs1. The van der Waals surface area contributed by atoms with Crippen LogP contribution in [0.1, 0.15) is 16.9 Å². The van der Waals surface area contributed by atoms with Gasteiger partial charge in [0.15, 0.2) is 6.29 Å². The van der Waals surface area contributed by atoms with E-state index in [2.05, 4.69) is 15.0 Å². The lowest BCUT2D eigenvalue weighted by molar-refractivity contribution is -0.309. The highest BCUT2D eigenvalue weighted by Crippen LogP contribution is 2.43. The monoisotopic (exact) mass is 658 g/mol. The summed E-state index contributed by atoms with van der Waals surface area (Å²) in [6.07, 6.45) is 2.70. The lowest BCUT2D eigenvalue weighted by Crippen LogP contribution is -2.67. The van der Waals surface area contributed by atoms with Crippen LogP contribution in [0.5, 0.6) is 0 Å². The Bertz CT molecular complexity index is 1570. The van der Waals surface area contributed by atoms with Crippen molar-refractivity contribution < 1.29 is 18.9 Å². The fourth-order valence-corrected chi connectivity index (χ4v) is 7.46. The second-order valence-corrected chi connectivity index (χ2v) is 12.6. The van der Waals surface area contributed by atoms with E-state index >= 15 is 0 Å². The standard InChI is InChI=1S/C29H28Cl2N6O4S2/c1-38-26-24(37(33)13-18(32)27-36-22(31)15-42-27)25-20(14-39-28(41-25)16-7-3-2-4-8-16)40-29(26)43-21-11-17(30)12-35-23(21)19-9-5-6-10-34-19/h2-13,15,20,24-26,28-29H,14,32-33H2,1H3/b18-13-. The van der Waals surface area contributed by atoms with Crippen molar-refractivity contribution in [3.63, 3.8) is 0 Å². The molecule has 224 valence electrons. The first-order valence-electron chi connectivity index (χ1n) is 13.3. The molecule has 6 unspecified atom stereocenters. The third-order valence-corrected chi connectivity index (χ3v) is 9.58. The minimum Gasteiger partial charge on any atom is -0.395 e. The van der Waals surface area contributed by atoms with E-state index < -0.39 is 36.1 Å². The molecule has 1 aromatic carbocycles. The van der Waals surface area contributed by atoms with Crippen LogP contribution < -0.4 is 11.6 Å². The number of thiazole rings is 1. The number of benzene rings is 1. The van der Waals surface area contributed by atoms with Crippen molar-refractivity contribution in [1.29, 1.82) is 0 Å². The molecule has 43 heavy (non-hydrogen) atoms. The fourth-order valence-electron chi connectivity index (χ4n) is 5.05. The molecule has 0 aliphatic carbocycles. The molecule has 6 atom stereocenters. The molecule has 0 amide bonds. The summed E-state index contributed by atoms with van der Waals surface area (Å²) < 4.78 is 25.4. The molecular formula is C29H28Cl2N6O4S2. The van der Waals surface area contributed by atoms with E-state index in [1.807, 2.05) is 54.6 Å². The minimum atomic E-state index is -0.615. The Kier molecular flexibility index (Phi) is 9.48. The van der Waals surface area contributed by atoms with Gasteiger partial charge in [-0.1, -0.05) is 71.4 Å². The fraction of sp³-hybridized carbons (Fsp3) is 0.276. The molecule has 0 spiro atoms. The Morgan fingerprint density at radius 3 is 2.67 bits per heavy atom. The number of hydrazine groups is 1. The van der Waals surface area contributed by atoms with E-state index in [4.69, 9.17) is 53.7 Å². The predicted octanol–water partition coefficient (Wildman–Crippen LogP) is 5.35. The second-order valence-electron chi connectivity index (χ2n) is 9.75. The van der Waals surface area contributed by atoms with Crippen molar-refractivity contribution in [2.75, 3.05) is 13.7 Å². The highest BCUT2D eigenvalue weighted by Gasteiger charge is 2.52. The molecule has 6 rings (SSSR count). The normalized spacial score (nSPS) is 25.7. The van der Waals surface area contributed by atoms with Gasteiger partial charge in [0.25, 0.3) is 0 Å². The van der Waals surface area contributed by atoms with E-state index in [-0.39, 0.29) is 6.61 Å². The van der Waals surface area contributed by atoms with Crippen LogP contribution in [0.4, 0.5) is 0 Å². The molecule has 0 radical (unpaired) electrons. The van der Waals surface area contributed by atoms with E-state index in [1.165, 1.54) is 28.1 Å². The number of methoxy groups -OCH3 is 1. The van der Waals surface area contributed by atoms with Crippen molar-refractivity contribution in [3.05, 3.63) is 99.3 Å². The Morgan fingerprint density at radius 2 is 1.95 bits per heavy atom. The third kappa shape index (κ3) is 6.68. The zero-order chi connectivity index (χ0) is 29.9. The Labute approximate surface area is 266 Å². The molecule has 2 fully saturated rings. The van der Waals surface area contributed by atoms with Crippen LogP contribution in [-0.2, 0) is 18.9 Å². The van der Waals surface area contributed by atoms with Gasteiger partial charge in [0.2, 0.25) is 0 Å². The maximum atomic E-state index is 6.76. The van der Waals surface area contributed by atoms with E-state index in [9.17, 15) is 0 Å². The number of hydrogen-bond donors (Lipinski definition) is 2. The number of ether oxygens (including phenoxy) is 4. The highest BCUT2D eigenvalue weighted by molar-refractivity contribution is 8.00. The van der Waals surface area contributed by atoms with Crippen LogP contribution in [-0.4, -0.2) is 63.5 Å². The number of hydrogen-bond acceptors (Lipinski definition) is 12. The number of rotatable bonds is 8. The molecule has 2 saturated heterocycles. The largest absolute Gasteiger partial charge is 0.395 e. The van der Waals surface area contributed by atoms with Crippen molar-refractivity contribution >= 4 is 52.0 Å². The molecule has 3 aromatic heterocycles. The first-order valence-corrected chi connectivity index (χ1v) is 15.8. The van der Waals surface area contributed by atoms with Crippen molar-refractivity contribution in [3.8, 4) is 11.4 Å². The number of aromatic nitrogens is 3. The third-order valence-electron chi connectivity index (χ3n) is 6.98. The Balaban J connectivity index is 1.35. The molecule has 2 aliphatic rings. The zero-order valence-corrected chi connectivity index (χ0v) is 26.0. The number of pyridine rings is 2. The average molecular weight is 660 g/mol. The van der Waals surface area contributed by atoms with Crippen LogP contribution >= 0.6 is 46.3 Å². The van der Waals surface area contributed by atoms with Gasteiger partial charge in [-0.2, -0.15) is 0 Å². The average Bonchev–Trinajstić information content (AvgIpc) is 3.47. The van der Waals surface area contributed by atoms with Crippen molar-refractivity contribution in [2.24, 2.45) is 11.6 Å². The summed E-state index contributed by atoms with van der Waals surface area (Å²) in [5, 5.41) is 4.60. The van der Waals surface area contributed by atoms with Gasteiger partial charge in [-0.05, 0) is 18.2 Å². The summed E-state index contributed by atoms with van der Waals surface area (Å²) >= 11 is 15.2. The first kappa shape index (κ1) is 30.3. The van der Waals surface area contributed by atoms with Crippen LogP contribution in [0.3, 0.4) is 0 Å². The number of fused-ring (bicyclic) bond motifs is 1. The van der Waals surface area contributed by atoms with Gasteiger partial charge in [-0.3, -0.25) is 9.97 Å². The summed E-state index contributed by atoms with van der Waals surface area (Å²) in [6.45, 7) is 0.268. The lowest BCUT2D eigenvalue weighted by Gasteiger charge is -2.51. The van der Waals surface area contributed by atoms with E-state index in [0.29, 0.717) is 32.3 Å². The first-order chi connectivity index (χ1) is 20.9. The van der Waals surface area contributed by atoms with Crippen LogP contribution in [0.25, 0.3) is 17.1 Å². The number of nitrogens with two attached hydrogens (primary N) is 2. The van der Waals surface area contributed by atoms with Gasteiger partial charge in [0.05, 0.1) is 23.0 Å². The molecular weight excluding hydrogens is 631 g/mol. The lowest BCUT2D eigenvalue weighted by atomic mass is 9.95. The summed E-state index contributed by atoms with van der Waals surface area (Å²) in [7, 11) is 1.61. The maximum Gasteiger partial charge on any atom is 0.184 e. The van der Waals surface area contributed by atoms with Gasteiger partial charge in [0.1, 0.15) is 45.6 Å². The Hall–Kier alpha value is -2.78. The zero-order valence-electron chi connectivity index (χ0n) is 22.8. The van der Waals surface area contributed by atoms with Crippen LogP contribution in [0.15, 0.2) is 83.5 Å². The van der Waals surface area contributed by atoms with E-state index in [1.54, 1.807) is 31.1 Å². The topological polar surface area (TPSA) is 131 Å². The Morgan fingerprint density at radius 1 is 1.14 bits per heavy atom. The molecule has 5 heterocycles. The van der Waals surface area contributed by atoms with Gasteiger partial charge in [-0.25, -0.2) is 10.8 Å². The van der Waals surface area contributed by atoms with Crippen molar-refractivity contribution in [2.45, 2.75) is 41.0 Å². The van der Waals surface area contributed by atoms with Crippen LogP contribution in [0.2, 0.25) is 10.2 Å². The molecule has 14 heteroatoms. The number of thioether (sulfide) groups is 1. The van der Waals surface area contributed by atoms with Gasteiger partial charge >= 0.3 is 0 Å². The number of nitrogens with zero attached hydrogens (tertiary/aromatic N) is 4. The van der Waals surface area contributed by atoms with Crippen LogP contribution in [0, 0.1) is 0 Å². The molecule has 0 saturated carbocycles. The highest BCUT2D eigenvalue weighted by atomic mass is 35.5. The van der Waals surface area contributed by atoms with E-state index in [0.717, 1.165) is 10.5 Å². The predicted molar refractivity (Wildman–Crippen MR) is 167 cm³/mol. The summed E-state index contributed by atoms with van der Waals surface area (Å²) in [5.74, 6) is 6.76. The quantitative estimate of drug-likeness (QED) is 0.187. The van der Waals surface area contributed by atoms with Gasteiger partial charge < -0.3 is 29.7 Å². The van der Waals surface area contributed by atoms with Crippen molar-refractivity contribution in [1.82, 2.24) is 20.0 Å². The summed E-state index contributed by atoms with van der Waals surface area (Å²) in [6, 6.07) is 16.6. The maximum absolute atomic E-state index is 6.76. The molecule has 10 nitrogen and oxygen atoms in total. The molecule has 2 aliphatic heterocycles. The molecule has 0 bridgehead atoms. The molecule has 4 N–H and O–H groups in total. The summed E-state index contributed by atoms with van der Waals surface area (Å²) in [4.78, 5) is 14.1. The van der Waals surface area contributed by atoms with Gasteiger partial charge in [0, 0.05) is 41.5 Å². The summed E-state index contributed by atoms with van der Waals surface area (Å²) in [5.41, 5.74) is 8.45. The number of halogens is 2.